The van der Waals surface area contributed by atoms with Gasteiger partial charge in [-0.2, -0.15) is 0 Å². The molecule has 6 rings (SSSR count). The third kappa shape index (κ3) is 4.29. The zero-order valence-electron chi connectivity index (χ0n) is 21.3. The van der Waals surface area contributed by atoms with Gasteiger partial charge in [-0.05, 0) is 37.6 Å². The molecule has 4 aromatic rings. The number of carbonyl (C=O) groups excluding carboxylic acids is 1. The fourth-order valence-electron chi connectivity index (χ4n) is 5.15. The number of nitrogens with one attached hydrogen (secondary N) is 1. The van der Waals surface area contributed by atoms with Crippen LogP contribution in [-0.2, 0) is 13.6 Å². The number of hydrogen-bond donors (Lipinski definition) is 1. The Labute approximate surface area is 219 Å². The number of aromatic nitrogens is 4. The van der Waals surface area contributed by atoms with Gasteiger partial charge in [-0.25, -0.2) is 9.67 Å². The lowest BCUT2D eigenvalue weighted by Gasteiger charge is -2.30. The van der Waals surface area contributed by atoms with Crippen LogP contribution in [-0.4, -0.2) is 57.7 Å². The second-order valence-corrected chi connectivity index (χ2v) is 9.59. The molecule has 38 heavy (non-hydrogen) atoms. The summed E-state index contributed by atoms with van der Waals surface area (Å²) < 4.78 is 14.0. The second-order valence-electron chi connectivity index (χ2n) is 9.59. The summed E-state index contributed by atoms with van der Waals surface area (Å²) in [6.07, 6.45) is 2.32. The number of amides is 1. The Kier molecular flexibility index (Phi) is 6.10. The number of carbonyl (C=O) groups is 1. The first-order chi connectivity index (χ1) is 18.5. The van der Waals surface area contributed by atoms with Gasteiger partial charge in [0.25, 0.3) is 11.5 Å². The van der Waals surface area contributed by atoms with Gasteiger partial charge >= 0.3 is 0 Å². The Balaban J connectivity index is 1.17. The van der Waals surface area contributed by atoms with Crippen molar-refractivity contribution in [1.29, 1.82) is 0 Å². The molecule has 11 heteroatoms. The molecule has 0 spiro atoms. The number of hydrogen-bond acceptors (Lipinski definition) is 8. The van der Waals surface area contributed by atoms with Crippen LogP contribution in [0.15, 0.2) is 64.1 Å². The lowest BCUT2D eigenvalue weighted by atomic mass is 10.2. The van der Waals surface area contributed by atoms with Crippen molar-refractivity contribution in [3.05, 3.63) is 82.1 Å². The maximum Gasteiger partial charge on any atom is 0.284 e. The maximum atomic E-state index is 13.3. The molecule has 11 nitrogen and oxygen atoms in total. The predicted molar refractivity (Wildman–Crippen MR) is 141 cm³/mol. The lowest BCUT2D eigenvalue weighted by Crippen LogP contribution is -2.39. The quantitative estimate of drug-likeness (QED) is 0.417. The first-order valence-corrected chi connectivity index (χ1v) is 12.7. The molecular weight excluding hydrogens is 486 g/mol. The van der Waals surface area contributed by atoms with E-state index in [-0.39, 0.29) is 23.1 Å². The topological polar surface area (TPSA) is 111 Å². The first-order valence-electron chi connectivity index (χ1n) is 12.7. The van der Waals surface area contributed by atoms with E-state index in [0.29, 0.717) is 37.6 Å². The third-order valence-corrected chi connectivity index (χ3v) is 7.22. The fraction of sp³-hybridized carbons (Fsp3) is 0.333. The van der Waals surface area contributed by atoms with Crippen molar-refractivity contribution in [1.82, 2.24) is 24.8 Å². The number of benzene rings is 1. The summed E-state index contributed by atoms with van der Waals surface area (Å²) in [5.74, 6) is 1.97. The molecule has 1 atom stereocenters. The van der Waals surface area contributed by atoms with Gasteiger partial charge < -0.3 is 24.4 Å². The van der Waals surface area contributed by atoms with Gasteiger partial charge in [-0.1, -0.05) is 23.4 Å². The Morgan fingerprint density at radius 1 is 1.13 bits per heavy atom. The number of fused-ring (bicyclic) bond motifs is 1. The standard InChI is InChI=1S/C27H29N7O4/c1-18-24(27(36)34(31(18)2)21-6-4-3-5-7-21)26(35)28-19-10-12-32(16-19)23-9-8-22-25(29-23)33(13-15-37-22)17-20-11-14-38-30-20/h3-9,11,14,19H,10,12-13,15-17H2,1-2H3,(H,28,35)/t19-/m0/s1. The van der Waals surface area contributed by atoms with E-state index >= 15 is 0 Å². The molecular formula is C27H29N7O4. The molecule has 5 heterocycles. The smallest absolute Gasteiger partial charge is 0.284 e. The highest BCUT2D eigenvalue weighted by Crippen LogP contribution is 2.33. The van der Waals surface area contributed by atoms with E-state index in [1.165, 1.54) is 4.68 Å². The molecule has 196 valence electrons. The normalized spacial score (nSPS) is 16.8. The molecule has 1 N–H and O–H groups in total. The summed E-state index contributed by atoms with van der Waals surface area (Å²) in [5.41, 5.74) is 2.01. The fourth-order valence-corrected chi connectivity index (χ4v) is 5.15. The van der Waals surface area contributed by atoms with Gasteiger partial charge in [0.05, 0.1) is 24.5 Å². The van der Waals surface area contributed by atoms with Crippen molar-refractivity contribution in [2.75, 3.05) is 36.0 Å². The molecule has 0 aliphatic carbocycles. The maximum absolute atomic E-state index is 13.3. The number of nitrogens with zero attached hydrogens (tertiary/aromatic N) is 6. The van der Waals surface area contributed by atoms with Crippen LogP contribution < -0.4 is 25.4 Å². The van der Waals surface area contributed by atoms with E-state index in [9.17, 15) is 9.59 Å². The Morgan fingerprint density at radius 3 is 2.76 bits per heavy atom. The van der Waals surface area contributed by atoms with Crippen molar-refractivity contribution >= 4 is 17.5 Å². The largest absolute Gasteiger partial charge is 0.488 e. The molecule has 1 saturated heterocycles. The van der Waals surface area contributed by atoms with Crippen molar-refractivity contribution in [2.45, 2.75) is 25.9 Å². The molecule has 1 fully saturated rings. The van der Waals surface area contributed by atoms with E-state index in [1.54, 1.807) is 24.9 Å². The van der Waals surface area contributed by atoms with Gasteiger partial charge in [-0.15, -0.1) is 0 Å². The zero-order valence-corrected chi connectivity index (χ0v) is 21.3. The van der Waals surface area contributed by atoms with E-state index in [0.717, 1.165) is 36.0 Å². The molecule has 2 aliphatic heterocycles. The van der Waals surface area contributed by atoms with Gasteiger partial charge in [0, 0.05) is 32.2 Å². The molecule has 2 aliphatic rings. The molecule has 0 saturated carbocycles. The summed E-state index contributed by atoms with van der Waals surface area (Å²) in [6.45, 7) is 4.99. The molecule has 1 aromatic carbocycles. The third-order valence-electron chi connectivity index (χ3n) is 7.22. The highest BCUT2D eigenvalue weighted by Gasteiger charge is 2.30. The van der Waals surface area contributed by atoms with Crippen LogP contribution in [0.5, 0.6) is 5.75 Å². The number of para-hydroxylation sites is 1. The monoisotopic (exact) mass is 515 g/mol. The van der Waals surface area contributed by atoms with Crippen LogP contribution in [0, 0.1) is 6.92 Å². The number of ether oxygens (including phenoxy) is 1. The van der Waals surface area contributed by atoms with Crippen LogP contribution in [0.1, 0.15) is 28.2 Å². The Bertz CT molecular complexity index is 1510. The van der Waals surface area contributed by atoms with Crippen molar-refractivity contribution in [3.8, 4) is 11.4 Å². The minimum atomic E-state index is -0.352. The molecule has 0 radical (unpaired) electrons. The average molecular weight is 516 g/mol. The second kappa shape index (κ2) is 9.73. The molecule has 0 bridgehead atoms. The minimum Gasteiger partial charge on any atom is -0.488 e. The molecule has 0 unspecified atom stereocenters. The summed E-state index contributed by atoms with van der Waals surface area (Å²) >= 11 is 0. The van der Waals surface area contributed by atoms with Crippen LogP contribution in [0.25, 0.3) is 5.69 Å². The van der Waals surface area contributed by atoms with Gasteiger partial charge in [0.15, 0.2) is 11.6 Å². The average Bonchev–Trinajstić information content (AvgIpc) is 3.66. The number of rotatable bonds is 6. The van der Waals surface area contributed by atoms with Crippen molar-refractivity contribution < 1.29 is 14.1 Å². The summed E-state index contributed by atoms with van der Waals surface area (Å²) in [5, 5.41) is 7.10. The van der Waals surface area contributed by atoms with Crippen LogP contribution in [0.3, 0.4) is 0 Å². The predicted octanol–water partition coefficient (Wildman–Crippen LogP) is 2.28. The lowest BCUT2D eigenvalue weighted by molar-refractivity contribution is 0.0938. The highest BCUT2D eigenvalue weighted by molar-refractivity contribution is 5.95. The van der Waals surface area contributed by atoms with E-state index < -0.39 is 0 Å². The van der Waals surface area contributed by atoms with E-state index in [1.807, 2.05) is 48.5 Å². The SMILES string of the molecule is Cc1c(C(=O)N[C@H]2CCN(c3ccc4c(n3)N(Cc3ccon3)CCO4)C2)c(=O)n(-c2ccccc2)n1C. The van der Waals surface area contributed by atoms with Crippen molar-refractivity contribution in [3.63, 3.8) is 0 Å². The summed E-state index contributed by atoms with van der Waals surface area (Å²) in [7, 11) is 1.79. The summed E-state index contributed by atoms with van der Waals surface area (Å²) in [4.78, 5) is 35.7. The van der Waals surface area contributed by atoms with Gasteiger partial charge in [-0.3, -0.25) is 14.3 Å². The number of anilines is 2. The van der Waals surface area contributed by atoms with Crippen molar-refractivity contribution in [2.24, 2.45) is 7.05 Å². The Morgan fingerprint density at radius 2 is 1.97 bits per heavy atom. The van der Waals surface area contributed by atoms with E-state index in [2.05, 4.69) is 20.3 Å². The van der Waals surface area contributed by atoms with Gasteiger partial charge in [0.1, 0.15) is 29.9 Å². The first kappa shape index (κ1) is 23.8. The van der Waals surface area contributed by atoms with Crippen LogP contribution in [0.2, 0.25) is 0 Å². The summed E-state index contributed by atoms with van der Waals surface area (Å²) in [6, 6.07) is 14.9. The zero-order chi connectivity index (χ0) is 26.2. The van der Waals surface area contributed by atoms with E-state index in [4.69, 9.17) is 14.2 Å². The highest BCUT2D eigenvalue weighted by atomic mass is 16.5. The van der Waals surface area contributed by atoms with Crippen LogP contribution >= 0.6 is 0 Å². The number of pyridine rings is 1. The minimum absolute atomic E-state index is 0.105. The molecule has 1 amide bonds. The van der Waals surface area contributed by atoms with Crippen LogP contribution in [0.4, 0.5) is 11.6 Å². The Hall–Kier alpha value is -4.54. The molecule has 3 aromatic heterocycles. The van der Waals surface area contributed by atoms with Gasteiger partial charge in [0.2, 0.25) is 0 Å².